The van der Waals surface area contributed by atoms with Gasteiger partial charge in [-0.15, -0.1) is 10.2 Å². The number of nitrogens with two attached hydrogens (primary N) is 1. The molecule has 0 aliphatic carbocycles. The molecule has 26 heavy (non-hydrogen) atoms. The Morgan fingerprint density at radius 1 is 1.23 bits per heavy atom. The van der Waals surface area contributed by atoms with Gasteiger partial charge in [0.25, 0.3) is 0 Å². The molecule has 0 saturated carbocycles. The summed E-state index contributed by atoms with van der Waals surface area (Å²) in [7, 11) is 1.61. The summed E-state index contributed by atoms with van der Waals surface area (Å²) in [5.41, 5.74) is 2.67. The zero-order valence-corrected chi connectivity index (χ0v) is 15.3. The van der Waals surface area contributed by atoms with Gasteiger partial charge >= 0.3 is 0 Å². The number of hydrogen-bond acceptors (Lipinski definition) is 6. The van der Waals surface area contributed by atoms with Gasteiger partial charge in [-0.3, -0.25) is 4.79 Å². The van der Waals surface area contributed by atoms with Crippen LogP contribution in [-0.4, -0.2) is 33.6 Å². The summed E-state index contributed by atoms with van der Waals surface area (Å²) < 4.78 is 6.52. The molecule has 3 aromatic rings. The maximum absolute atomic E-state index is 12.1. The predicted molar refractivity (Wildman–Crippen MR) is 103 cm³/mol. The number of amides is 1. The fraction of sp³-hybridized carbons (Fsp3) is 0.167. The van der Waals surface area contributed by atoms with E-state index in [4.69, 9.17) is 10.6 Å². The van der Waals surface area contributed by atoms with Gasteiger partial charge < -0.3 is 15.9 Å². The topological polar surface area (TPSA) is 95.1 Å². The van der Waals surface area contributed by atoms with Gasteiger partial charge in [0.15, 0.2) is 5.82 Å². The van der Waals surface area contributed by atoms with Crippen molar-refractivity contribution in [3.8, 4) is 17.1 Å². The minimum absolute atomic E-state index is 0.130. The van der Waals surface area contributed by atoms with Gasteiger partial charge in [-0.25, -0.2) is 4.68 Å². The van der Waals surface area contributed by atoms with E-state index in [2.05, 4.69) is 15.5 Å². The highest BCUT2D eigenvalue weighted by molar-refractivity contribution is 7.99. The quantitative estimate of drug-likeness (QED) is 0.512. The number of nitrogens with zero attached hydrogens (tertiary/aromatic N) is 3. The van der Waals surface area contributed by atoms with Gasteiger partial charge in [-0.05, 0) is 48.9 Å². The molecule has 3 rings (SSSR count). The van der Waals surface area contributed by atoms with Gasteiger partial charge in [0.2, 0.25) is 11.1 Å². The van der Waals surface area contributed by atoms with E-state index in [9.17, 15) is 4.79 Å². The maximum Gasteiger partial charge on any atom is 0.234 e. The van der Waals surface area contributed by atoms with E-state index < -0.39 is 0 Å². The van der Waals surface area contributed by atoms with Crippen molar-refractivity contribution < 1.29 is 9.53 Å². The molecule has 2 aromatic carbocycles. The summed E-state index contributed by atoms with van der Waals surface area (Å²) in [5.74, 6) is 7.40. The first-order chi connectivity index (χ1) is 12.6. The lowest BCUT2D eigenvalue weighted by Gasteiger charge is -2.06. The van der Waals surface area contributed by atoms with E-state index in [0.29, 0.717) is 11.0 Å². The molecular formula is C18H19N5O2S. The Morgan fingerprint density at radius 2 is 2.00 bits per heavy atom. The first-order valence-electron chi connectivity index (χ1n) is 7.91. The highest BCUT2D eigenvalue weighted by Gasteiger charge is 2.14. The smallest absolute Gasteiger partial charge is 0.234 e. The fourth-order valence-electron chi connectivity index (χ4n) is 2.36. The molecular weight excluding hydrogens is 350 g/mol. The fourth-order valence-corrected chi connectivity index (χ4v) is 3.02. The van der Waals surface area contributed by atoms with Crippen LogP contribution in [-0.2, 0) is 4.79 Å². The Labute approximate surface area is 155 Å². The molecule has 8 heteroatoms. The monoisotopic (exact) mass is 369 g/mol. The van der Waals surface area contributed by atoms with E-state index >= 15 is 0 Å². The van der Waals surface area contributed by atoms with Crippen LogP contribution in [0.4, 0.5) is 5.69 Å². The van der Waals surface area contributed by atoms with Crippen molar-refractivity contribution >= 4 is 23.4 Å². The molecule has 0 bridgehead atoms. The van der Waals surface area contributed by atoms with Crippen molar-refractivity contribution in [2.24, 2.45) is 0 Å². The second-order valence-corrected chi connectivity index (χ2v) is 6.55. The molecule has 0 atom stereocenters. The third kappa shape index (κ3) is 4.15. The molecule has 0 unspecified atom stereocenters. The van der Waals surface area contributed by atoms with Crippen LogP contribution in [0.1, 0.15) is 5.56 Å². The Hall–Kier alpha value is -3.00. The summed E-state index contributed by atoms with van der Waals surface area (Å²) in [6, 6.07) is 15.0. The Balaban J connectivity index is 1.63. The first-order valence-corrected chi connectivity index (χ1v) is 8.89. The summed E-state index contributed by atoms with van der Waals surface area (Å²) in [5, 5.41) is 11.5. The lowest BCUT2D eigenvalue weighted by molar-refractivity contribution is -0.113. The van der Waals surface area contributed by atoms with Gasteiger partial charge in [0.05, 0.1) is 12.9 Å². The minimum atomic E-state index is -0.130. The van der Waals surface area contributed by atoms with E-state index in [1.807, 2.05) is 55.5 Å². The van der Waals surface area contributed by atoms with Gasteiger partial charge in [-0.2, -0.15) is 0 Å². The minimum Gasteiger partial charge on any atom is -0.497 e. The zero-order valence-electron chi connectivity index (χ0n) is 14.5. The van der Waals surface area contributed by atoms with Crippen LogP contribution in [0.15, 0.2) is 53.7 Å². The molecule has 7 nitrogen and oxygen atoms in total. The number of benzene rings is 2. The predicted octanol–water partition coefficient (Wildman–Crippen LogP) is 2.71. The van der Waals surface area contributed by atoms with E-state index in [0.717, 1.165) is 22.6 Å². The lowest BCUT2D eigenvalue weighted by atomic mass is 10.2. The van der Waals surface area contributed by atoms with Crippen molar-refractivity contribution in [3.63, 3.8) is 0 Å². The largest absolute Gasteiger partial charge is 0.497 e. The number of anilines is 1. The van der Waals surface area contributed by atoms with E-state index in [1.165, 1.54) is 16.4 Å². The molecule has 1 aromatic heterocycles. The molecule has 0 radical (unpaired) electrons. The first kappa shape index (κ1) is 17.8. The van der Waals surface area contributed by atoms with Crippen LogP contribution in [0, 0.1) is 6.92 Å². The molecule has 3 N–H and O–H groups in total. The summed E-state index contributed by atoms with van der Waals surface area (Å²) in [6.07, 6.45) is 0. The van der Waals surface area contributed by atoms with Crippen LogP contribution in [0.3, 0.4) is 0 Å². The van der Waals surface area contributed by atoms with Gasteiger partial charge in [0.1, 0.15) is 5.75 Å². The van der Waals surface area contributed by atoms with Crippen molar-refractivity contribution in [2.45, 2.75) is 12.1 Å². The number of nitrogens with one attached hydrogen (secondary N) is 1. The third-order valence-electron chi connectivity index (χ3n) is 3.65. The number of carbonyl (C=O) groups excluding carboxylic acids is 1. The summed E-state index contributed by atoms with van der Waals surface area (Å²) in [6.45, 7) is 1.97. The second-order valence-electron chi connectivity index (χ2n) is 5.61. The van der Waals surface area contributed by atoms with Crippen molar-refractivity contribution in [1.82, 2.24) is 14.9 Å². The number of hydrogen-bond donors (Lipinski definition) is 2. The summed E-state index contributed by atoms with van der Waals surface area (Å²) in [4.78, 5) is 12.1. The number of thioether (sulfide) groups is 1. The average molecular weight is 369 g/mol. The SMILES string of the molecule is COc1ccc(-c2nnc(SCC(=O)Nc3cccc(C)c3)n2N)cc1. The van der Waals surface area contributed by atoms with Crippen molar-refractivity contribution in [2.75, 3.05) is 24.0 Å². The number of aromatic nitrogens is 3. The zero-order chi connectivity index (χ0) is 18.5. The van der Waals surface area contributed by atoms with Crippen LogP contribution in [0.2, 0.25) is 0 Å². The second kappa shape index (κ2) is 7.92. The van der Waals surface area contributed by atoms with Crippen LogP contribution < -0.4 is 15.9 Å². The maximum atomic E-state index is 12.1. The van der Waals surface area contributed by atoms with E-state index in [1.54, 1.807) is 7.11 Å². The average Bonchev–Trinajstić information content (AvgIpc) is 3.01. The molecule has 134 valence electrons. The lowest BCUT2D eigenvalue weighted by Crippen LogP contribution is -2.16. The standard InChI is InChI=1S/C18H19N5O2S/c1-12-4-3-5-14(10-12)20-16(24)11-26-18-22-21-17(23(18)19)13-6-8-15(25-2)9-7-13/h3-10H,11,19H2,1-2H3,(H,20,24). The summed E-state index contributed by atoms with van der Waals surface area (Å²) >= 11 is 1.23. The molecule has 0 aliphatic heterocycles. The number of aryl methyl sites for hydroxylation is 1. The van der Waals surface area contributed by atoms with Crippen molar-refractivity contribution in [3.05, 3.63) is 54.1 Å². The Morgan fingerprint density at radius 3 is 2.69 bits per heavy atom. The molecule has 0 fully saturated rings. The van der Waals surface area contributed by atoms with Crippen LogP contribution >= 0.6 is 11.8 Å². The normalized spacial score (nSPS) is 10.5. The molecule has 0 spiro atoms. The number of carbonyl (C=O) groups is 1. The molecule has 0 aliphatic rings. The van der Waals surface area contributed by atoms with Gasteiger partial charge in [0, 0.05) is 11.3 Å². The number of ether oxygens (including phenoxy) is 1. The third-order valence-corrected chi connectivity index (χ3v) is 4.59. The number of methoxy groups -OCH3 is 1. The van der Waals surface area contributed by atoms with E-state index in [-0.39, 0.29) is 11.7 Å². The molecule has 0 saturated heterocycles. The molecule has 1 amide bonds. The molecule has 1 heterocycles. The van der Waals surface area contributed by atoms with Crippen LogP contribution in [0.25, 0.3) is 11.4 Å². The van der Waals surface area contributed by atoms with Crippen molar-refractivity contribution in [1.29, 1.82) is 0 Å². The highest BCUT2D eigenvalue weighted by atomic mass is 32.2. The number of nitrogen functional groups attached to an aromatic ring is 1. The Bertz CT molecular complexity index is 908. The van der Waals surface area contributed by atoms with Gasteiger partial charge in [-0.1, -0.05) is 23.9 Å². The highest BCUT2D eigenvalue weighted by Crippen LogP contribution is 2.23. The number of rotatable bonds is 6. The Kier molecular flexibility index (Phi) is 5.43. The van der Waals surface area contributed by atoms with Crippen LogP contribution in [0.5, 0.6) is 5.75 Å².